The topological polar surface area (TPSA) is 114 Å². The third-order valence-corrected chi connectivity index (χ3v) is 5.03. The van der Waals surface area contributed by atoms with Crippen LogP contribution >= 0.6 is 0 Å². The molecule has 2 N–H and O–H groups in total. The second-order valence-corrected chi connectivity index (χ2v) is 5.83. The number of hydrogen-bond donors (Lipinski definition) is 1. The SMILES string of the molecule is COc1cccc([C@H]2[C@@]3(C#N)C4(N=C(N)[C@]23C#N)OCCO4)c1. The lowest BCUT2D eigenvalue weighted by Gasteiger charge is -2.25. The number of ether oxygens (including phenoxy) is 3. The van der Waals surface area contributed by atoms with Gasteiger partial charge in [0.1, 0.15) is 17.0 Å². The molecule has 1 aromatic rings. The number of nitriles is 2. The maximum absolute atomic E-state index is 9.94. The number of nitrogens with two attached hydrogens (primary N) is 1. The van der Waals surface area contributed by atoms with Crippen molar-refractivity contribution in [3.63, 3.8) is 0 Å². The van der Waals surface area contributed by atoms with Crippen molar-refractivity contribution in [3.05, 3.63) is 29.8 Å². The number of nitrogens with zero attached hydrogens (tertiary/aromatic N) is 3. The lowest BCUT2D eigenvalue weighted by molar-refractivity contribution is -0.184. The fraction of sp³-hybridized carbons (Fsp3) is 0.438. The van der Waals surface area contributed by atoms with Gasteiger partial charge in [0.05, 0.1) is 32.5 Å². The summed E-state index contributed by atoms with van der Waals surface area (Å²) >= 11 is 0. The molecule has 1 spiro atoms. The molecule has 7 heteroatoms. The average Bonchev–Trinajstić information content (AvgIpc) is 2.84. The normalized spacial score (nSPS) is 36.0. The zero-order chi connectivity index (χ0) is 16.3. The third kappa shape index (κ3) is 1.29. The van der Waals surface area contributed by atoms with E-state index in [1.807, 2.05) is 12.1 Å². The molecule has 23 heavy (non-hydrogen) atoms. The van der Waals surface area contributed by atoms with E-state index in [4.69, 9.17) is 19.9 Å². The molecule has 0 radical (unpaired) electrons. The minimum Gasteiger partial charge on any atom is -0.497 e. The average molecular weight is 310 g/mol. The molecule has 2 aliphatic heterocycles. The fourth-order valence-electron chi connectivity index (χ4n) is 4.04. The predicted octanol–water partition coefficient (Wildman–Crippen LogP) is 0.884. The molecule has 2 heterocycles. The first kappa shape index (κ1) is 14.0. The number of aliphatic imine (C=N–C) groups is 1. The van der Waals surface area contributed by atoms with Crippen LogP contribution in [-0.2, 0) is 9.47 Å². The Hall–Kier alpha value is -2.61. The van der Waals surface area contributed by atoms with Gasteiger partial charge in [-0.05, 0) is 17.7 Å². The number of rotatable bonds is 2. The van der Waals surface area contributed by atoms with Gasteiger partial charge in [0.15, 0.2) is 5.41 Å². The summed E-state index contributed by atoms with van der Waals surface area (Å²) in [5.74, 6) is -1.23. The number of fused-ring (bicyclic) bond motifs is 2. The number of methoxy groups -OCH3 is 1. The maximum Gasteiger partial charge on any atom is 0.293 e. The molecular formula is C16H14N4O3. The summed E-state index contributed by atoms with van der Waals surface area (Å²) in [4.78, 5) is 4.23. The minimum atomic E-state index is -1.49. The van der Waals surface area contributed by atoms with Crippen LogP contribution in [0.2, 0.25) is 0 Å². The molecule has 0 unspecified atom stereocenters. The molecule has 116 valence electrons. The first-order valence-corrected chi connectivity index (χ1v) is 7.22. The van der Waals surface area contributed by atoms with Gasteiger partial charge in [-0.25, -0.2) is 4.99 Å². The first-order chi connectivity index (χ1) is 11.1. The van der Waals surface area contributed by atoms with Crippen LogP contribution in [0.4, 0.5) is 0 Å². The first-order valence-electron chi connectivity index (χ1n) is 7.22. The summed E-state index contributed by atoms with van der Waals surface area (Å²) in [7, 11) is 1.56. The Balaban J connectivity index is 1.91. The highest BCUT2D eigenvalue weighted by Crippen LogP contribution is 2.82. The molecule has 3 atom stereocenters. The van der Waals surface area contributed by atoms with E-state index in [0.29, 0.717) is 19.0 Å². The van der Waals surface area contributed by atoms with Crippen molar-refractivity contribution in [1.29, 1.82) is 10.5 Å². The van der Waals surface area contributed by atoms with Gasteiger partial charge in [-0.3, -0.25) is 0 Å². The Labute approximate surface area is 132 Å². The van der Waals surface area contributed by atoms with Crippen molar-refractivity contribution in [1.82, 2.24) is 0 Å². The maximum atomic E-state index is 9.94. The van der Waals surface area contributed by atoms with E-state index >= 15 is 0 Å². The van der Waals surface area contributed by atoms with Crippen LogP contribution in [-0.4, -0.2) is 32.1 Å². The van der Waals surface area contributed by atoms with Gasteiger partial charge in [0.2, 0.25) is 0 Å². The van der Waals surface area contributed by atoms with Gasteiger partial charge < -0.3 is 19.9 Å². The van der Waals surface area contributed by atoms with E-state index in [1.165, 1.54) is 0 Å². The van der Waals surface area contributed by atoms with Crippen LogP contribution in [0.1, 0.15) is 11.5 Å². The van der Waals surface area contributed by atoms with Crippen molar-refractivity contribution in [3.8, 4) is 17.9 Å². The second-order valence-electron chi connectivity index (χ2n) is 5.83. The van der Waals surface area contributed by atoms with E-state index < -0.39 is 22.7 Å². The highest BCUT2D eigenvalue weighted by Gasteiger charge is 2.94. The Morgan fingerprint density at radius 3 is 2.65 bits per heavy atom. The van der Waals surface area contributed by atoms with Gasteiger partial charge in [0.25, 0.3) is 5.91 Å². The molecule has 0 amide bonds. The Kier molecular flexibility index (Phi) is 2.57. The Morgan fingerprint density at radius 1 is 1.30 bits per heavy atom. The van der Waals surface area contributed by atoms with Crippen molar-refractivity contribution in [2.45, 2.75) is 11.8 Å². The van der Waals surface area contributed by atoms with E-state index in [0.717, 1.165) is 5.56 Å². The zero-order valence-electron chi connectivity index (χ0n) is 12.4. The molecule has 3 aliphatic rings. The highest BCUT2D eigenvalue weighted by molar-refractivity contribution is 6.00. The van der Waals surface area contributed by atoms with Gasteiger partial charge in [-0.15, -0.1) is 0 Å². The van der Waals surface area contributed by atoms with Crippen molar-refractivity contribution < 1.29 is 14.2 Å². The van der Waals surface area contributed by atoms with E-state index in [-0.39, 0.29) is 5.84 Å². The molecule has 0 aromatic heterocycles. The van der Waals surface area contributed by atoms with Crippen LogP contribution in [0, 0.1) is 33.5 Å². The van der Waals surface area contributed by atoms with Crippen molar-refractivity contribution >= 4 is 5.84 Å². The van der Waals surface area contributed by atoms with Gasteiger partial charge >= 0.3 is 0 Å². The van der Waals surface area contributed by atoms with Gasteiger partial charge in [-0.1, -0.05) is 12.1 Å². The molecule has 7 nitrogen and oxygen atoms in total. The third-order valence-electron chi connectivity index (χ3n) is 5.03. The molecule has 1 aromatic carbocycles. The zero-order valence-corrected chi connectivity index (χ0v) is 12.4. The Morgan fingerprint density at radius 2 is 2.04 bits per heavy atom. The molecule has 1 saturated carbocycles. The van der Waals surface area contributed by atoms with Crippen molar-refractivity contribution in [2.75, 3.05) is 20.3 Å². The summed E-state index contributed by atoms with van der Waals surface area (Å²) in [6.45, 7) is 0.624. The molecule has 4 rings (SSSR count). The second kappa shape index (κ2) is 4.23. The summed E-state index contributed by atoms with van der Waals surface area (Å²) in [6.07, 6.45) is 0. The van der Waals surface area contributed by atoms with Crippen LogP contribution in [0.15, 0.2) is 29.3 Å². The highest BCUT2D eigenvalue weighted by atomic mass is 16.8. The molecular weight excluding hydrogens is 296 g/mol. The minimum absolute atomic E-state index is 0.0938. The monoisotopic (exact) mass is 310 g/mol. The number of amidine groups is 1. The molecule has 1 saturated heterocycles. The lowest BCUT2D eigenvalue weighted by atomic mass is 9.94. The molecule has 2 fully saturated rings. The Bertz CT molecular complexity index is 802. The predicted molar refractivity (Wildman–Crippen MR) is 78.1 cm³/mol. The van der Waals surface area contributed by atoms with E-state index in [9.17, 15) is 10.5 Å². The smallest absolute Gasteiger partial charge is 0.293 e. The van der Waals surface area contributed by atoms with Crippen LogP contribution in [0.25, 0.3) is 0 Å². The van der Waals surface area contributed by atoms with Gasteiger partial charge in [-0.2, -0.15) is 10.5 Å². The lowest BCUT2D eigenvalue weighted by Crippen LogP contribution is -2.38. The van der Waals surface area contributed by atoms with E-state index in [2.05, 4.69) is 17.1 Å². The number of hydrogen-bond acceptors (Lipinski definition) is 7. The summed E-state index contributed by atoms with van der Waals surface area (Å²) < 4.78 is 16.6. The largest absolute Gasteiger partial charge is 0.497 e. The fourth-order valence-corrected chi connectivity index (χ4v) is 4.04. The number of benzene rings is 1. The quantitative estimate of drug-likeness (QED) is 0.867. The molecule has 1 aliphatic carbocycles. The van der Waals surface area contributed by atoms with Crippen LogP contribution < -0.4 is 10.5 Å². The van der Waals surface area contributed by atoms with E-state index in [1.54, 1.807) is 19.2 Å². The van der Waals surface area contributed by atoms with Crippen LogP contribution in [0.5, 0.6) is 5.75 Å². The summed E-state index contributed by atoms with van der Waals surface area (Å²) in [5.41, 5.74) is 4.33. The molecule has 0 bridgehead atoms. The van der Waals surface area contributed by atoms with Gasteiger partial charge in [0, 0.05) is 5.92 Å². The standard InChI is InChI=1S/C16H14N4O3/c1-21-11-4-2-3-10(7-11)12-14(8-17)13(19)20-16(15(12,14)9-18)22-5-6-23-16/h2-4,7,12H,5-6H2,1H3,(H2,19,20)/t12-,14+,15-/m1/s1. The van der Waals surface area contributed by atoms with Crippen LogP contribution in [0.3, 0.4) is 0 Å². The summed E-state index contributed by atoms with van der Waals surface area (Å²) in [5, 5.41) is 19.8. The summed E-state index contributed by atoms with van der Waals surface area (Å²) in [6, 6.07) is 11.7. The van der Waals surface area contributed by atoms with Crippen molar-refractivity contribution in [2.24, 2.45) is 21.6 Å².